The maximum absolute atomic E-state index is 6.86. The lowest BCUT2D eigenvalue weighted by Gasteiger charge is -2.14. The molecule has 0 unspecified atom stereocenters. The Kier molecular flexibility index (Phi) is 15.8. The lowest BCUT2D eigenvalue weighted by Crippen LogP contribution is -2.00. The minimum Gasteiger partial charge on any atom is -0.456 e. The van der Waals surface area contributed by atoms with Gasteiger partial charge < -0.3 is 27.1 Å². The molecule has 0 fully saturated rings. The maximum atomic E-state index is 6.86. The monoisotopic (exact) mass is 1610 g/mol. The normalized spacial score (nSPS) is 12.0. The van der Waals surface area contributed by atoms with Crippen LogP contribution in [0.4, 0.5) is 0 Å². The Hall–Kier alpha value is -17.2. The van der Waals surface area contributed by atoms with E-state index in [4.69, 9.17) is 38.7 Å². The lowest BCUT2D eigenvalue weighted by molar-refractivity contribution is 0.668. The molecule has 0 saturated carbocycles. The number of hydrogen-bond donors (Lipinski definition) is 0. The molecule has 0 aliphatic rings. The average Bonchev–Trinajstić information content (AvgIpc) is 1.52. The number of rotatable bonds is 10. The van der Waals surface area contributed by atoms with Crippen molar-refractivity contribution < 1.29 is 8.83 Å². The minimum absolute atomic E-state index is 0.591. The fourth-order valence-electron chi connectivity index (χ4n) is 20.0. The van der Waals surface area contributed by atoms with Gasteiger partial charge in [0.05, 0.1) is 55.5 Å². The van der Waals surface area contributed by atoms with E-state index in [1.54, 1.807) is 0 Å². The number of aromatic nitrogens is 10. The van der Waals surface area contributed by atoms with Crippen LogP contribution < -0.4 is 0 Å². The molecule has 0 aliphatic carbocycles. The third-order valence-corrected chi connectivity index (χ3v) is 25.2. The highest BCUT2D eigenvalue weighted by Gasteiger charge is 2.30. The fourth-order valence-corrected chi connectivity index (χ4v) is 20.0. The molecule has 27 rings (SSSR count). The van der Waals surface area contributed by atoms with Crippen molar-refractivity contribution in [3.8, 4) is 91.1 Å². The number of benzene rings is 19. The van der Waals surface area contributed by atoms with Crippen LogP contribution in [0.1, 0.15) is 0 Å². The van der Waals surface area contributed by atoms with E-state index in [2.05, 4.69) is 285 Å². The summed E-state index contributed by atoms with van der Waals surface area (Å²) in [4.78, 5) is 30.3. The predicted octanol–water partition coefficient (Wildman–Crippen LogP) is 29.4. The zero-order chi connectivity index (χ0) is 82.6. The van der Waals surface area contributed by atoms with Crippen molar-refractivity contribution >= 4 is 163 Å². The van der Waals surface area contributed by atoms with Gasteiger partial charge in [-0.15, -0.1) is 0 Å². The SMILES string of the molecule is c1ccc(-c2nc(-c3ccccc3)nc(-c3cccc4oc5cc(-n6c7ccccc7c7c8ccccc8c8c9c%10ccccc%10ccc9n(-c9ccccc9)c8c76)ccc5c34)n2)cc1.c1ccc(-c2nc(-c3ccccc3)nc(-c3cccc4oc5cc(-n6c7ccccc7c7c8ccccc8c8c9ccccc9n(-c9ccccc9)c8c76)ccc5c34)n2)cc1. The van der Waals surface area contributed by atoms with E-state index in [0.29, 0.717) is 34.9 Å². The van der Waals surface area contributed by atoms with E-state index >= 15 is 0 Å². The van der Waals surface area contributed by atoms with Crippen LogP contribution in [-0.2, 0) is 0 Å². The zero-order valence-corrected chi connectivity index (χ0v) is 67.5. The quantitative estimate of drug-likeness (QED) is 0.133. The average molecular weight is 1610 g/mol. The first kappa shape index (κ1) is 70.6. The van der Waals surface area contributed by atoms with Crippen LogP contribution in [0, 0.1) is 0 Å². The molecule has 27 aromatic rings. The minimum atomic E-state index is 0.591. The predicted molar refractivity (Wildman–Crippen MR) is 517 cm³/mol. The summed E-state index contributed by atoms with van der Waals surface area (Å²) < 4.78 is 23.5. The molecule has 0 aliphatic heterocycles. The van der Waals surface area contributed by atoms with Crippen LogP contribution in [-0.4, -0.2) is 48.2 Å². The third kappa shape index (κ3) is 10.9. The Morgan fingerprint density at radius 1 is 0.167 bits per heavy atom. The van der Waals surface area contributed by atoms with E-state index in [0.717, 1.165) is 128 Å². The molecular formula is C114H68N10O2. The Balaban J connectivity index is 0.000000134. The Bertz CT molecular complexity index is 9040. The van der Waals surface area contributed by atoms with Gasteiger partial charge in [0.15, 0.2) is 34.9 Å². The largest absolute Gasteiger partial charge is 0.456 e. The van der Waals surface area contributed by atoms with E-state index < -0.39 is 0 Å². The van der Waals surface area contributed by atoms with Crippen LogP contribution in [0.5, 0.6) is 0 Å². The molecule has 0 atom stereocenters. The van der Waals surface area contributed by atoms with Crippen LogP contribution in [0.25, 0.3) is 254 Å². The van der Waals surface area contributed by atoms with E-state index in [-0.39, 0.29) is 0 Å². The second-order valence-corrected chi connectivity index (χ2v) is 32.2. The van der Waals surface area contributed by atoms with Gasteiger partial charge in [0.25, 0.3) is 0 Å². The van der Waals surface area contributed by atoms with Crippen molar-refractivity contribution in [2.75, 3.05) is 0 Å². The third-order valence-electron chi connectivity index (χ3n) is 25.2. The van der Waals surface area contributed by atoms with Crippen LogP contribution >= 0.6 is 0 Å². The van der Waals surface area contributed by atoms with Gasteiger partial charge in [-0.3, -0.25) is 0 Å². The highest BCUT2D eigenvalue weighted by atomic mass is 16.3. The number of para-hydroxylation sites is 5. The molecular weight excluding hydrogens is 1540 g/mol. The number of fused-ring (bicyclic) bond motifs is 28. The molecule has 126 heavy (non-hydrogen) atoms. The molecule has 586 valence electrons. The van der Waals surface area contributed by atoms with Crippen molar-refractivity contribution in [3.63, 3.8) is 0 Å². The van der Waals surface area contributed by atoms with Crippen molar-refractivity contribution in [2.24, 2.45) is 0 Å². The Morgan fingerprint density at radius 2 is 0.468 bits per heavy atom. The highest BCUT2D eigenvalue weighted by Crippen LogP contribution is 2.52. The molecule has 0 bridgehead atoms. The van der Waals surface area contributed by atoms with Gasteiger partial charge in [-0.1, -0.05) is 315 Å². The second-order valence-electron chi connectivity index (χ2n) is 32.2. The summed E-state index contributed by atoms with van der Waals surface area (Å²) in [5.41, 5.74) is 22.1. The molecule has 8 aromatic heterocycles. The topological polar surface area (TPSA) is 123 Å². The molecule has 12 heteroatoms. The summed E-state index contributed by atoms with van der Waals surface area (Å²) in [5, 5.41) is 21.1. The van der Waals surface area contributed by atoms with Gasteiger partial charge in [0, 0.05) is 122 Å². The zero-order valence-electron chi connectivity index (χ0n) is 67.5. The van der Waals surface area contributed by atoms with Crippen molar-refractivity contribution in [1.82, 2.24) is 48.2 Å². The van der Waals surface area contributed by atoms with Gasteiger partial charge in [-0.2, -0.15) is 0 Å². The number of nitrogens with zero attached hydrogens (tertiary/aromatic N) is 10. The molecule has 0 N–H and O–H groups in total. The van der Waals surface area contributed by atoms with Crippen molar-refractivity contribution in [3.05, 3.63) is 413 Å². The van der Waals surface area contributed by atoms with Gasteiger partial charge >= 0.3 is 0 Å². The van der Waals surface area contributed by atoms with Crippen LogP contribution in [0.15, 0.2) is 421 Å². The number of furan rings is 2. The lowest BCUT2D eigenvalue weighted by atomic mass is 9.96. The maximum Gasteiger partial charge on any atom is 0.164 e. The van der Waals surface area contributed by atoms with Gasteiger partial charge in [-0.25, -0.2) is 29.9 Å². The summed E-state index contributed by atoms with van der Waals surface area (Å²) in [6.07, 6.45) is 0. The first-order valence-corrected chi connectivity index (χ1v) is 42.5. The summed E-state index contributed by atoms with van der Waals surface area (Å²) in [7, 11) is 0. The van der Waals surface area contributed by atoms with Crippen LogP contribution in [0.3, 0.4) is 0 Å². The fraction of sp³-hybridized carbons (Fsp3) is 0. The molecule has 0 saturated heterocycles. The molecule has 8 heterocycles. The standard InChI is InChI=1S/C59H35N5O.C55H33N5O/c1-4-18-37(19-5-1)57-60-58(38-20-6-2-7-21-38)62-59(61-57)46-28-16-30-49-51(46)45-33-32-40(35-50(45)65-49)64-47-29-15-14-27-44(47)52-42-25-12-13-26-43(42)54-53-41-24-11-10-17-36(41)31-34-48(53)63(56(54)55(52)64)39-22-8-3-9-23-39;1-4-17-34(18-5-1)53-56-54(35-19-6-2-7-20-35)58-55(57-53)43-27-16-30-46-48(43)42-32-31-37(33-47(42)61-46)60-45-29-15-13-26-41(45)50-39-24-11-10-23-38(39)49-40-25-12-14-28-44(40)59(51(49)52(50)60)36-21-8-3-9-22-36/h1-35H;1-33H. The van der Waals surface area contributed by atoms with Crippen molar-refractivity contribution in [2.45, 2.75) is 0 Å². The molecule has 0 amide bonds. The number of hydrogen-bond acceptors (Lipinski definition) is 8. The molecule has 0 spiro atoms. The van der Waals surface area contributed by atoms with Crippen molar-refractivity contribution in [1.29, 1.82) is 0 Å². The summed E-state index contributed by atoms with van der Waals surface area (Å²) in [5.74, 6) is 3.66. The van der Waals surface area contributed by atoms with E-state index in [9.17, 15) is 0 Å². The summed E-state index contributed by atoms with van der Waals surface area (Å²) in [6, 6.07) is 145. The molecule has 12 nitrogen and oxygen atoms in total. The Morgan fingerprint density at radius 3 is 0.857 bits per heavy atom. The summed E-state index contributed by atoms with van der Waals surface area (Å²) >= 11 is 0. The highest BCUT2D eigenvalue weighted by molar-refractivity contribution is 6.40. The van der Waals surface area contributed by atoms with Gasteiger partial charge in [0.1, 0.15) is 22.3 Å². The summed E-state index contributed by atoms with van der Waals surface area (Å²) in [6.45, 7) is 0. The van der Waals surface area contributed by atoms with E-state index in [1.807, 2.05) is 146 Å². The van der Waals surface area contributed by atoms with Crippen LogP contribution in [0.2, 0.25) is 0 Å². The van der Waals surface area contributed by atoms with Gasteiger partial charge in [-0.05, 0) is 117 Å². The molecule has 19 aromatic carbocycles. The smallest absolute Gasteiger partial charge is 0.164 e. The molecule has 0 radical (unpaired) electrons. The Labute approximate surface area is 719 Å². The first-order chi connectivity index (χ1) is 62.5. The second kappa shape index (κ2) is 28.2. The van der Waals surface area contributed by atoms with Gasteiger partial charge in [0.2, 0.25) is 0 Å². The van der Waals surface area contributed by atoms with E-state index in [1.165, 1.54) is 92.0 Å². The first-order valence-electron chi connectivity index (χ1n) is 42.5.